The fourth-order valence-electron chi connectivity index (χ4n) is 3.11. The lowest BCUT2D eigenvalue weighted by atomic mass is 9.86. The number of hydrogen-bond donors (Lipinski definition) is 1. The molecule has 150 valence electrons. The summed E-state index contributed by atoms with van der Waals surface area (Å²) in [5.74, 6) is 0.903. The minimum absolute atomic E-state index is 0.159. The Hall–Kier alpha value is -3.27. The number of para-hydroxylation sites is 3. The van der Waals surface area contributed by atoms with E-state index in [4.69, 9.17) is 9.47 Å². The standard InChI is InChI=1S/C25H26O4/c1-25(2,3)20-14-8-10-16-22(20)29-23(24(26)27)17-18-11-7-9-15-21(18)28-19-12-5-4-6-13-19/h4-16,23H,17H2,1-3H3,(H,26,27). The zero-order valence-corrected chi connectivity index (χ0v) is 17.0. The number of carboxylic acids is 1. The van der Waals surface area contributed by atoms with Gasteiger partial charge in [0.25, 0.3) is 0 Å². The zero-order chi connectivity index (χ0) is 20.9. The van der Waals surface area contributed by atoms with Crippen molar-refractivity contribution in [2.24, 2.45) is 0 Å². The van der Waals surface area contributed by atoms with Crippen molar-refractivity contribution in [3.8, 4) is 17.2 Å². The van der Waals surface area contributed by atoms with Gasteiger partial charge in [0.15, 0.2) is 6.10 Å². The molecule has 4 nitrogen and oxygen atoms in total. The van der Waals surface area contributed by atoms with Crippen molar-refractivity contribution in [1.82, 2.24) is 0 Å². The summed E-state index contributed by atoms with van der Waals surface area (Å²) in [5, 5.41) is 9.80. The van der Waals surface area contributed by atoms with Gasteiger partial charge in [-0.1, -0.05) is 75.4 Å². The quantitative estimate of drug-likeness (QED) is 0.550. The van der Waals surface area contributed by atoms with Crippen LogP contribution < -0.4 is 9.47 Å². The van der Waals surface area contributed by atoms with Crippen LogP contribution in [0.3, 0.4) is 0 Å². The second-order valence-corrected chi connectivity index (χ2v) is 7.92. The molecule has 3 rings (SSSR count). The summed E-state index contributed by atoms with van der Waals surface area (Å²) in [6.07, 6.45) is -0.837. The van der Waals surface area contributed by atoms with Crippen LogP contribution in [0.4, 0.5) is 0 Å². The predicted octanol–water partition coefficient (Wildman–Crippen LogP) is 5.85. The maximum absolute atomic E-state index is 12.0. The van der Waals surface area contributed by atoms with Crippen molar-refractivity contribution in [3.63, 3.8) is 0 Å². The van der Waals surface area contributed by atoms with Gasteiger partial charge in [0.1, 0.15) is 17.2 Å². The Morgan fingerprint density at radius 3 is 2.10 bits per heavy atom. The second-order valence-electron chi connectivity index (χ2n) is 7.92. The summed E-state index contributed by atoms with van der Waals surface area (Å²) >= 11 is 0. The molecule has 0 radical (unpaired) electrons. The van der Waals surface area contributed by atoms with E-state index in [0.717, 1.165) is 11.1 Å². The third kappa shape index (κ3) is 5.38. The number of hydrogen-bond acceptors (Lipinski definition) is 3. The van der Waals surface area contributed by atoms with Gasteiger partial charge in [-0.05, 0) is 40.8 Å². The lowest BCUT2D eigenvalue weighted by Crippen LogP contribution is -2.30. The number of carboxylic acid groups (broad SMARTS) is 1. The average molecular weight is 390 g/mol. The molecular weight excluding hydrogens is 364 g/mol. The first-order valence-electron chi connectivity index (χ1n) is 9.64. The molecule has 0 saturated heterocycles. The molecule has 4 heteroatoms. The molecule has 29 heavy (non-hydrogen) atoms. The van der Waals surface area contributed by atoms with E-state index in [1.165, 1.54) is 0 Å². The highest BCUT2D eigenvalue weighted by Gasteiger charge is 2.25. The number of rotatable bonds is 7. The van der Waals surface area contributed by atoms with Gasteiger partial charge < -0.3 is 14.6 Å². The van der Waals surface area contributed by atoms with Crippen LogP contribution in [0, 0.1) is 0 Å². The highest BCUT2D eigenvalue weighted by atomic mass is 16.5. The molecule has 1 N–H and O–H groups in total. The molecule has 1 unspecified atom stereocenters. The maximum Gasteiger partial charge on any atom is 0.345 e. The van der Waals surface area contributed by atoms with E-state index in [-0.39, 0.29) is 11.8 Å². The van der Waals surface area contributed by atoms with E-state index < -0.39 is 12.1 Å². The molecule has 0 bridgehead atoms. The van der Waals surface area contributed by atoms with Gasteiger partial charge in [-0.15, -0.1) is 0 Å². The lowest BCUT2D eigenvalue weighted by molar-refractivity contribution is -0.145. The molecule has 0 aliphatic heterocycles. The van der Waals surface area contributed by atoms with Crippen molar-refractivity contribution in [2.75, 3.05) is 0 Å². The smallest absolute Gasteiger partial charge is 0.345 e. The first kappa shape index (κ1) is 20.5. The van der Waals surface area contributed by atoms with E-state index in [0.29, 0.717) is 17.2 Å². The van der Waals surface area contributed by atoms with Gasteiger partial charge in [-0.3, -0.25) is 0 Å². The van der Waals surface area contributed by atoms with Crippen LogP contribution in [0.5, 0.6) is 17.2 Å². The normalized spacial score (nSPS) is 12.2. The molecule has 0 saturated carbocycles. The van der Waals surface area contributed by atoms with Gasteiger partial charge >= 0.3 is 5.97 Å². The first-order chi connectivity index (χ1) is 13.8. The summed E-state index contributed by atoms with van der Waals surface area (Å²) in [6.45, 7) is 6.23. The van der Waals surface area contributed by atoms with Gasteiger partial charge in [0.05, 0.1) is 0 Å². The first-order valence-corrected chi connectivity index (χ1v) is 9.64. The Kier molecular flexibility index (Phi) is 6.23. The molecule has 0 aliphatic carbocycles. The van der Waals surface area contributed by atoms with Gasteiger partial charge in [-0.25, -0.2) is 4.79 Å². The number of aliphatic carboxylic acids is 1. The van der Waals surface area contributed by atoms with Crippen molar-refractivity contribution < 1.29 is 19.4 Å². The zero-order valence-electron chi connectivity index (χ0n) is 17.0. The second kappa shape index (κ2) is 8.82. The number of benzene rings is 3. The van der Waals surface area contributed by atoms with Crippen LogP contribution in [0.15, 0.2) is 78.9 Å². The average Bonchev–Trinajstić information content (AvgIpc) is 2.69. The maximum atomic E-state index is 12.0. The molecular formula is C25H26O4. The lowest BCUT2D eigenvalue weighted by Gasteiger charge is -2.25. The summed E-state index contributed by atoms with van der Waals surface area (Å²) in [4.78, 5) is 12.0. The predicted molar refractivity (Wildman–Crippen MR) is 114 cm³/mol. The molecule has 0 heterocycles. The van der Waals surface area contributed by atoms with Crippen LogP contribution >= 0.6 is 0 Å². The third-order valence-electron chi connectivity index (χ3n) is 4.59. The summed E-state index contributed by atoms with van der Waals surface area (Å²) in [7, 11) is 0. The fourth-order valence-corrected chi connectivity index (χ4v) is 3.11. The Morgan fingerprint density at radius 1 is 0.862 bits per heavy atom. The van der Waals surface area contributed by atoms with Gasteiger partial charge in [-0.2, -0.15) is 0 Å². The monoisotopic (exact) mass is 390 g/mol. The summed E-state index contributed by atoms with van der Waals surface area (Å²) in [6, 6.07) is 24.5. The van der Waals surface area contributed by atoms with E-state index in [1.54, 1.807) is 0 Å². The van der Waals surface area contributed by atoms with E-state index >= 15 is 0 Å². The van der Waals surface area contributed by atoms with Crippen molar-refractivity contribution in [1.29, 1.82) is 0 Å². The largest absolute Gasteiger partial charge is 0.478 e. The number of carbonyl (C=O) groups is 1. The minimum atomic E-state index is -1.03. The molecule has 0 aromatic heterocycles. The van der Waals surface area contributed by atoms with Crippen molar-refractivity contribution >= 4 is 5.97 Å². The van der Waals surface area contributed by atoms with Crippen molar-refractivity contribution in [2.45, 2.75) is 38.7 Å². The SMILES string of the molecule is CC(C)(C)c1ccccc1OC(Cc1ccccc1Oc1ccccc1)C(=O)O. The van der Waals surface area contributed by atoms with Gasteiger partial charge in [0, 0.05) is 6.42 Å². The van der Waals surface area contributed by atoms with Crippen LogP contribution in [0.2, 0.25) is 0 Å². The van der Waals surface area contributed by atoms with E-state index in [2.05, 4.69) is 20.8 Å². The van der Waals surface area contributed by atoms with Gasteiger partial charge in [0.2, 0.25) is 0 Å². The van der Waals surface area contributed by atoms with E-state index in [9.17, 15) is 9.90 Å². The van der Waals surface area contributed by atoms with Crippen LogP contribution in [0.1, 0.15) is 31.9 Å². The van der Waals surface area contributed by atoms with Crippen molar-refractivity contribution in [3.05, 3.63) is 90.0 Å². The molecule has 0 spiro atoms. The van der Waals surface area contributed by atoms with E-state index in [1.807, 2.05) is 78.9 Å². The molecule has 3 aromatic rings. The minimum Gasteiger partial charge on any atom is -0.478 e. The Morgan fingerprint density at radius 2 is 1.45 bits per heavy atom. The number of ether oxygens (including phenoxy) is 2. The summed E-state index contributed by atoms with van der Waals surface area (Å²) in [5.41, 5.74) is 1.59. The third-order valence-corrected chi connectivity index (χ3v) is 4.59. The topological polar surface area (TPSA) is 55.8 Å². The van der Waals surface area contributed by atoms with Crippen LogP contribution in [0.25, 0.3) is 0 Å². The highest BCUT2D eigenvalue weighted by molar-refractivity contribution is 5.73. The molecule has 1 atom stereocenters. The molecule has 0 aliphatic rings. The Bertz CT molecular complexity index is 958. The van der Waals surface area contributed by atoms with Crippen LogP contribution in [-0.4, -0.2) is 17.2 Å². The molecule has 0 fully saturated rings. The Labute approximate surface area is 171 Å². The van der Waals surface area contributed by atoms with Crippen LogP contribution in [-0.2, 0) is 16.6 Å². The molecule has 3 aromatic carbocycles. The summed E-state index contributed by atoms with van der Waals surface area (Å²) < 4.78 is 12.0. The Balaban J connectivity index is 1.85. The fraction of sp³-hybridized carbons (Fsp3) is 0.240. The highest BCUT2D eigenvalue weighted by Crippen LogP contribution is 2.33. The molecule has 0 amide bonds.